The number of para-hydroxylation sites is 1. The van der Waals surface area contributed by atoms with E-state index in [0.717, 1.165) is 71.4 Å². The van der Waals surface area contributed by atoms with Crippen LogP contribution in [0.5, 0.6) is 0 Å². The average molecular weight is 715 g/mol. The molecule has 5 nitrogen and oxygen atoms in total. The lowest BCUT2D eigenvalue weighted by Gasteiger charge is -2.13. The molecule has 0 amide bonds. The summed E-state index contributed by atoms with van der Waals surface area (Å²) >= 11 is 0. The maximum Gasteiger partial charge on any atom is 0.238 e. The number of nitrogens with zero attached hydrogens (tertiary/aromatic N) is 4. The first-order valence-corrected chi connectivity index (χ1v) is 18.9. The summed E-state index contributed by atoms with van der Waals surface area (Å²) in [5, 5.41) is 11.5. The summed E-state index contributed by atoms with van der Waals surface area (Å²) in [5.74, 6) is 1.79. The standard InChI is InChI=1S/C51H30N4O/c1-2-14-34(15-3-1)49-52-50(37-22-21-31-11-4-5-16-35(31)29-37)54-51(53-49)55-43-26-23-32-12-6-8-17-38(32)46(43)41-20-10-19-40(48(41)55)36-25-27-44-42(30-36)47-39-18-9-7-13-33(39)24-28-45(47)56-44/h1-30H. The number of rotatable bonds is 4. The highest BCUT2D eigenvalue weighted by atomic mass is 16.3. The van der Waals surface area contributed by atoms with Crippen LogP contribution in [0.15, 0.2) is 186 Å². The number of benzene rings is 9. The van der Waals surface area contributed by atoms with E-state index in [0.29, 0.717) is 17.6 Å². The lowest BCUT2D eigenvalue weighted by molar-refractivity contribution is 0.669. The van der Waals surface area contributed by atoms with Gasteiger partial charge in [0.05, 0.1) is 11.0 Å². The van der Waals surface area contributed by atoms with Gasteiger partial charge in [0, 0.05) is 38.2 Å². The Kier molecular flexibility index (Phi) is 6.56. The van der Waals surface area contributed by atoms with Gasteiger partial charge >= 0.3 is 0 Å². The van der Waals surface area contributed by atoms with Crippen LogP contribution in [0.1, 0.15) is 0 Å². The predicted octanol–water partition coefficient (Wildman–Crippen LogP) is 13.3. The summed E-state index contributed by atoms with van der Waals surface area (Å²) in [7, 11) is 0. The molecule has 0 saturated heterocycles. The number of furan rings is 1. The molecule has 3 aromatic heterocycles. The van der Waals surface area contributed by atoms with Gasteiger partial charge in [0.15, 0.2) is 11.6 Å². The topological polar surface area (TPSA) is 56.7 Å². The van der Waals surface area contributed by atoms with Crippen molar-refractivity contribution in [2.45, 2.75) is 0 Å². The zero-order valence-corrected chi connectivity index (χ0v) is 30.0. The minimum atomic E-state index is 0.561. The van der Waals surface area contributed by atoms with Gasteiger partial charge in [-0.1, -0.05) is 152 Å². The van der Waals surface area contributed by atoms with E-state index in [2.05, 4.69) is 168 Å². The third-order valence-corrected chi connectivity index (χ3v) is 11.2. The highest BCUT2D eigenvalue weighted by Gasteiger charge is 2.22. The van der Waals surface area contributed by atoms with Gasteiger partial charge in [-0.2, -0.15) is 9.97 Å². The first kappa shape index (κ1) is 30.8. The molecule has 0 fully saturated rings. The molecule has 260 valence electrons. The Morgan fingerprint density at radius 3 is 1.82 bits per heavy atom. The maximum absolute atomic E-state index is 6.43. The molecule has 56 heavy (non-hydrogen) atoms. The molecule has 0 aliphatic carbocycles. The van der Waals surface area contributed by atoms with Gasteiger partial charge in [-0.3, -0.25) is 4.57 Å². The summed E-state index contributed by atoms with van der Waals surface area (Å²) in [6.07, 6.45) is 0. The number of hydrogen-bond donors (Lipinski definition) is 0. The van der Waals surface area contributed by atoms with Crippen LogP contribution in [0.25, 0.3) is 116 Å². The fraction of sp³-hybridized carbons (Fsp3) is 0. The Balaban J connectivity index is 1.19. The molecule has 0 bridgehead atoms. The predicted molar refractivity (Wildman–Crippen MR) is 230 cm³/mol. The first-order valence-electron chi connectivity index (χ1n) is 18.9. The van der Waals surface area contributed by atoms with Crippen molar-refractivity contribution in [1.82, 2.24) is 19.5 Å². The van der Waals surface area contributed by atoms with Crippen molar-refractivity contribution in [1.29, 1.82) is 0 Å². The van der Waals surface area contributed by atoms with Crippen molar-refractivity contribution < 1.29 is 4.42 Å². The Labute approximate surface area is 320 Å². The van der Waals surface area contributed by atoms with Crippen molar-refractivity contribution in [2.24, 2.45) is 0 Å². The van der Waals surface area contributed by atoms with Gasteiger partial charge in [-0.05, 0) is 68.2 Å². The smallest absolute Gasteiger partial charge is 0.238 e. The Hall–Kier alpha value is -7.63. The van der Waals surface area contributed by atoms with Crippen molar-refractivity contribution >= 4 is 76.1 Å². The van der Waals surface area contributed by atoms with Gasteiger partial charge < -0.3 is 4.42 Å². The first-order chi connectivity index (χ1) is 27.7. The van der Waals surface area contributed by atoms with Crippen molar-refractivity contribution in [3.8, 4) is 39.9 Å². The molecule has 12 aromatic rings. The molecule has 0 radical (unpaired) electrons. The average Bonchev–Trinajstić information content (AvgIpc) is 3.82. The van der Waals surface area contributed by atoms with Crippen molar-refractivity contribution in [3.63, 3.8) is 0 Å². The largest absolute Gasteiger partial charge is 0.456 e. The molecule has 0 aliphatic heterocycles. The molecule has 3 heterocycles. The summed E-state index contributed by atoms with van der Waals surface area (Å²) in [6.45, 7) is 0. The van der Waals surface area contributed by atoms with Gasteiger partial charge in [0.1, 0.15) is 11.2 Å². The lowest BCUT2D eigenvalue weighted by Crippen LogP contribution is -2.07. The normalized spacial score (nSPS) is 11.9. The van der Waals surface area contributed by atoms with E-state index in [1.807, 2.05) is 18.2 Å². The molecule has 12 rings (SSSR count). The third-order valence-electron chi connectivity index (χ3n) is 11.2. The lowest BCUT2D eigenvalue weighted by atomic mass is 9.97. The molecular formula is C51H30N4O. The van der Waals surface area contributed by atoms with Crippen LogP contribution in [0.4, 0.5) is 0 Å². The molecule has 0 unspecified atom stereocenters. The molecule has 5 heteroatoms. The minimum absolute atomic E-state index is 0.561. The highest BCUT2D eigenvalue weighted by Crippen LogP contribution is 2.43. The van der Waals surface area contributed by atoms with E-state index in [1.165, 1.54) is 26.9 Å². The van der Waals surface area contributed by atoms with E-state index in [1.54, 1.807) is 0 Å². The molecule has 9 aromatic carbocycles. The van der Waals surface area contributed by atoms with Crippen molar-refractivity contribution in [3.05, 3.63) is 182 Å². The van der Waals surface area contributed by atoms with Crippen LogP contribution in [0.3, 0.4) is 0 Å². The minimum Gasteiger partial charge on any atom is -0.456 e. The molecule has 0 atom stereocenters. The van der Waals surface area contributed by atoms with Gasteiger partial charge in [-0.25, -0.2) is 4.98 Å². The number of hydrogen-bond acceptors (Lipinski definition) is 4. The molecule has 0 aliphatic rings. The SMILES string of the molecule is c1ccc(-c2nc(-c3ccc4ccccc4c3)nc(-n3c4ccc5ccccc5c4c4cccc(-c5ccc6oc7ccc8ccccc8c7c6c5)c43)n2)cc1. The Morgan fingerprint density at radius 2 is 1.00 bits per heavy atom. The fourth-order valence-corrected chi connectivity index (χ4v) is 8.63. The van der Waals surface area contributed by atoms with Gasteiger partial charge in [-0.15, -0.1) is 0 Å². The monoisotopic (exact) mass is 714 g/mol. The van der Waals surface area contributed by atoms with Crippen molar-refractivity contribution in [2.75, 3.05) is 0 Å². The second-order valence-electron chi connectivity index (χ2n) is 14.4. The third kappa shape index (κ3) is 4.64. The summed E-state index contributed by atoms with van der Waals surface area (Å²) in [5.41, 5.74) is 7.83. The van der Waals surface area contributed by atoms with E-state index in [9.17, 15) is 0 Å². The van der Waals surface area contributed by atoms with Crippen LogP contribution in [0.2, 0.25) is 0 Å². The van der Waals surface area contributed by atoms with Crippen LogP contribution in [-0.2, 0) is 0 Å². The molecule has 0 N–H and O–H groups in total. The quantitative estimate of drug-likeness (QED) is 0.182. The summed E-state index contributed by atoms with van der Waals surface area (Å²) in [6, 6.07) is 63.9. The number of fused-ring (bicyclic) bond motifs is 11. The van der Waals surface area contributed by atoms with E-state index in [-0.39, 0.29) is 0 Å². The Morgan fingerprint density at radius 1 is 0.375 bits per heavy atom. The maximum atomic E-state index is 6.43. The summed E-state index contributed by atoms with van der Waals surface area (Å²) < 4.78 is 8.68. The molecule has 0 saturated carbocycles. The second-order valence-corrected chi connectivity index (χ2v) is 14.4. The zero-order chi connectivity index (χ0) is 36.7. The highest BCUT2D eigenvalue weighted by molar-refractivity contribution is 6.24. The molecule has 0 spiro atoms. The van der Waals surface area contributed by atoms with E-state index < -0.39 is 0 Å². The summed E-state index contributed by atoms with van der Waals surface area (Å²) in [4.78, 5) is 15.7. The van der Waals surface area contributed by atoms with E-state index in [4.69, 9.17) is 19.4 Å². The fourth-order valence-electron chi connectivity index (χ4n) is 8.63. The van der Waals surface area contributed by atoms with Crippen LogP contribution < -0.4 is 0 Å². The zero-order valence-electron chi connectivity index (χ0n) is 30.0. The van der Waals surface area contributed by atoms with E-state index >= 15 is 0 Å². The van der Waals surface area contributed by atoms with Gasteiger partial charge in [0.25, 0.3) is 0 Å². The molecular weight excluding hydrogens is 685 g/mol. The number of aromatic nitrogens is 4. The van der Waals surface area contributed by atoms with Crippen LogP contribution in [-0.4, -0.2) is 19.5 Å². The van der Waals surface area contributed by atoms with Gasteiger partial charge in [0.2, 0.25) is 5.95 Å². The Bertz CT molecular complexity index is 3540. The second kappa shape index (κ2) is 11.9. The van der Waals surface area contributed by atoms with Crippen LogP contribution >= 0.6 is 0 Å². The van der Waals surface area contributed by atoms with Crippen LogP contribution in [0, 0.1) is 0 Å².